The van der Waals surface area contributed by atoms with Gasteiger partial charge < -0.3 is 25.2 Å². The van der Waals surface area contributed by atoms with Gasteiger partial charge in [0.05, 0.1) is 13.2 Å². The average molecular weight is 292 g/mol. The van der Waals surface area contributed by atoms with Gasteiger partial charge in [-0.25, -0.2) is 9.28 Å². The van der Waals surface area contributed by atoms with E-state index in [1.54, 1.807) is 0 Å². The summed E-state index contributed by atoms with van der Waals surface area (Å²) in [6.07, 6.45) is -1.38. The fourth-order valence-electron chi connectivity index (χ4n) is 2.19. The van der Waals surface area contributed by atoms with Gasteiger partial charge in [-0.2, -0.15) is 0 Å². The highest BCUT2D eigenvalue weighted by Gasteiger charge is 2.41. The second kappa shape index (κ2) is 8.21. The van der Waals surface area contributed by atoms with Gasteiger partial charge in [0, 0.05) is 27.2 Å². The zero-order valence-corrected chi connectivity index (χ0v) is 12.5. The molecule has 0 saturated carbocycles. The molecule has 7 nitrogen and oxygen atoms in total. The number of hydrogen-bond acceptors (Lipinski definition) is 6. The van der Waals surface area contributed by atoms with Gasteiger partial charge in [0.1, 0.15) is 0 Å². The number of rotatable bonds is 8. The molecule has 0 fully saturated rings. The maximum atomic E-state index is 11.2. The van der Waals surface area contributed by atoms with E-state index in [-0.39, 0.29) is 17.6 Å². The van der Waals surface area contributed by atoms with E-state index in [9.17, 15) is 20.1 Å². The summed E-state index contributed by atoms with van der Waals surface area (Å²) in [6.45, 7) is 6.19. The lowest BCUT2D eigenvalue weighted by Crippen LogP contribution is -2.65. The first-order valence-electron chi connectivity index (χ1n) is 6.63. The lowest BCUT2D eigenvalue weighted by atomic mass is 10.2. The molecule has 0 aliphatic heterocycles. The van der Waals surface area contributed by atoms with Crippen molar-refractivity contribution in [3.05, 3.63) is 11.8 Å². The molecule has 0 aliphatic carbocycles. The zero-order chi connectivity index (χ0) is 15.9. The molecule has 0 radical (unpaired) electrons. The van der Waals surface area contributed by atoms with Crippen LogP contribution >= 0.6 is 0 Å². The van der Waals surface area contributed by atoms with Crippen molar-refractivity contribution in [2.75, 3.05) is 13.2 Å². The second-order valence-corrected chi connectivity index (χ2v) is 4.78. The van der Waals surface area contributed by atoms with Crippen molar-refractivity contribution in [1.29, 1.82) is 0 Å². The summed E-state index contributed by atoms with van der Waals surface area (Å²) in [5, 5.41) is 38.6. The van der Waals surface area contributed by atoms with Crippen molar-refractivity contribution in [2.24, 2.45) is 0 Å². The van der Waals surface area contributed by atoms with E-state index in [4.69, 9.17) is 9.84 Å². The Morgan fingerprint density at radius 1 is 1.15 bits per heavy atom. The summed E-state index contributed by atoms with van der Waals surface area (Å²) in [6, 6.07) is 0. The summed E-state index contributed by atoms with van der Waals surface area (Å²) >= 11 is 0. The quantitative estimate of drug-likeness (QED) is 0.127. The van der Waals surface area contributed by atoms with Gasteiger partial charge in [0.15, 0.2) is 24.4 Å². The van der Waals surface area contributed by atoms with Crippen molar-refractivity contribution >= 4 is 5.97 Å². The predicted octanol–water partition coefficient (Wildman–Crippen LogP) is 0.213. The van der Waals surface area contributed by atoms with E-state index in [2.05, 4.69) is 0 Å². The van der Waals surface area contributed by atoms with Crippen molar-refractivity contribution in [2.45, 2.75) is 52.8 Å². The minimum absolute atomic E-state index is 0.0168. The first kappa shape index (κ1) is 18.9. The number of carbonyl (C=O) groups excluding carboxylic acids is 1. The van der Waals surface area contributed by atoms with E-state index >= 15 is 0 Å². The Morgan fingerprint density at radius 3 is 1.95 bits per heavy atom. The summed E-state index contributed by atoms with van der Waals surface area (Å²) < 4.78 is 4.49. The Morgan fingerprint density at radius 2 is 1.60 bits per heavy atom. The van der Waals surface area contributed by atoms with Crippen molar-refractivity contribution in [3.8, 4) is 0 Å². The van der Waals surface area contributed by atoms with Gasteiger partial charge in [-0.1, -0.05) is 0 Å². The Hall–Kier alpha value is -1.15. The highest BCUT2D eigenvalue weighted by Crippen LogP contribution is 2.21. The van der Waals surface area contributed by atoms with Gasteiger partial charge >= 0.3 is 5.97 Å². The fourth-order valence-corrected chi connectivity index (χ4v) is 2.19. The van der Waals surface area contributed by atoms with Crippen LogP contribution in [0.15, 0.2) is 11.8 Å². The normalized spacial score (nSPS) is 19.9. The third-order valence-corrected chi connectivity index (χ3v) is 3.49. The Kier molecular flexibility index (Phi) is 7.74. The Labute approximate surface area is 119 Å². The first-order chi connectivity index (χ1) is 9.20. The number of nitrogens with zero attached hydrogens (tertiary/aromatic N) is 1. The maximum Gasteiger partial charge on any atom is 0.373 e. The molecule has 0 amide bonds. The Balaban J connectivity index is 4.54. The predicted molar refractivity (Wildman–Crippen MR) is 72.1 cm³/mol. The first-order valence-corrected chi connectivity index (χ1v) is 6.63. The molecular formula is C13H26NO6+. The van der Waals surface area contributed by atoms with E-state index in [0.29, 0.717) is 6.42 Å². The van der Waals surface area contributed by atoms with Crippen LogP contribution in [0.4, 0.5) is 0 Å². The van der Waals surface area contributed by atoms with Crippen molar-refractivity contribution < 1.29 is 34.4 Å². The molecule has 0 aromatic carbocycles. The van der Waals surface area contributed by atoms with Crippen LogP contribution in [0.2, 0.25) is 0 Å². The van der Waals surface area contributed by atoms with E-state index in [0.717, 1.165) is 0 Å². The van der Waals surface area contributed by atoms with Crippen LogP contribution in [-0.2, 0) is 9.53 Å². The third kappa shape index (κ3) is 4.45. The lowest BCUT2D eigenvalue weighted by Gasteiger charge is -2.45. The number of esters is 1. The molecule has 20 heavy (non-hydrogen) atoms. The zero-order valence-electron chi connectivity index (χ0n) is 12.5. The van der Waals surface area contributed by atoms with E-state index in [1.807, 2.05) is 0 Å². The van der Waals surface area contributed by atoms with Gasteiger partial charge in [-0.05, 0) is 13.0 Å². The molecule has 4 N–H and O–H groups in total. The summed E-state index contributed by atoms with van der Waals surface area (Å²) in [4.78, 5) is 11.2. The standard InChI is InChI=1S/C13H25NO6/c1-5-12(18)13(19)20-8-6-7-14(9(2)15,10(3)16)11(4)17/h5,9-11,15-17H,6-8H2,1-4H3/p+1. The molecule has 0 aromatic heterocycles. The molecule has 3 atom stereocenters. The molecule has 7 heteroatoms. The second-order valence-electron chi connectivity index (χ2n) is 4.78. The van der Waals surface area contributed by atoms with Crippen LogP contribution in [0.1, 0.15) is 34.1 Å². The third-order valence-electron chi connectivity index (χ3n) is 3.49. The molecule has 0 aromatic rings. The molecule has 0 heterocycles. The van der Waals surface area contributed by atoms with Crippen molar-refractivity contribution in [3.63, 3.8) is 0 Å². The molecule has 3 unspecified atom stereocenters. The number of carbonyl (C=O) groups is 1. The van der Waals surface area contributed by atoms with E-state index < -0.39 is 30.4 Å². The van der Waals surface area contributed by atoms with Crippen LogP contribution in [0.3, 0.4) is 0 Å². The summed E-state index contributed by atoms with van der Waals surface area (Å²) in [5.41, 5.74) is 0. The lowest BCUT2D eigenvalue weighted by molar-refractivity contribution is -1.04. The number of ether oxygens (including phenoxy) is 1. The molecule has 0 rings (SSSR count). The number of hydrogen-bond donors (Lipinski definition) is 4. The van der Waals surface area contributed by atoms with Gasteiger partial charge in [-0.15, -0.1) is 0 Å². The number of allylic oxidation sites excluding steroid dienone is 1. The van der Waals surface area contributed by atoms with Crippen LogP contribution < -0.4 is 0 Å². The molecule has 0 saturated heterocycles. The maximum absolute atomic E-state index is 11.2. The van der Waals surface area contributed by atoms with Crippen LogP contribution in [0.5, 0.6) is 0 Å². The highest BCUT2D eigenvalue weighted by molar-refractivity contribution is 5.85. The molecule has 118 valence electrons. The number of quaternary nitrogens is 1. The van der Waals surface area contributed by atoms with Crippen LogP contribution in [0.25, 0.3) is 0 Å². The smallest absolute Gasteiger partial charge is 0.373 e. The van der Waals surface area contributed by atoms with Crippen LogP contribution in [0, 0.1) is 0 Å². The topological polar surface area (TPSA) is 107 Å². The monoisotopic (exact) mass is 292 g/mol. The molecule has 0 spiro atoms. The van der Waals surface area contributed by atoms with E-state index in [1.165, 1.54) is 33.8 Å². The SMILES string of the molecule is CC=C(O)C(=O)OCCC[N+](C(C)O)(C(C)O)C(C)O. The van der Waals surface area contributed by atoms with Crippen LogP contribution in [-0.4, -0.2) is 62.7 Å². The fraction of sp³-hybridized carbons (Fsp3) is 0.769. The summed E-state index contributed by atoms with van der Waals surface area (Å²) in [5.74, 6) is -1.29. The molecule has 0 bridgehead atoms. The Bertz CT molecular complexity index is 316. The molecular weight excluding hydrogens is 266 g/mol. The highest BCUT2D eigenvalue weighted by atomic mass is 16.5. The number of aliphatic hydroxyl groups excluding tert-OH is 4. The minimum Gasteiger partial charge on any atom is -0.502 e. The number of aliphatic hydroxyl groups is 4. The largest absolute Gasteiger partial charge is 0.502 e. The van der Waals surface area contributed by atoms with Gasteiger partial charge in [0.2, 0.25) is 0 Å². The van der Waals surface area contributed by atoms with Crippen molar-refractivity contribution in [1.82, 2.24) is 0 Å². The summed E-state index contributed by atoms with van der Waals surface area (Å²) in [7, 11) is 0. The minimum atomic E-state index is -0.977. The average Bonchev–Trinajstić information content (AvgIpc) is 2.35. The van der Waals surface area contributed by atoms with Gasteiger partial charge in [0.25, 0.3) is 0 Å². The molecule has 0 aliphatic rings. The van der Waals surface area contributed by atoms with Gasteiger partial charge in [-0.3, -0.25) is 0 Å².